The molecule has 0 bridgehead atoms. The van der Waals surface area contributed by atoms with Gasteiger partial charge >= 0.3 is 0 Å². The summed E-state index contributed by atoms with van der Waals surface area (Å²) in [5.41, 5.74) is 0. The van der Waals surface area contributed by atoms with Crippen molar-refractivity contribution in [2.24, 2.45) is 0 Å². The van der Waals surface area contributed by atoms with E-state index in [9.17, 15) is 20.1 Å². The standard InChI is InChI=1S/C8H12Br3NO6/c9-8(10,11)7(17)12-3-5(15)4(14)2(1-13)18-6(3)16/h2-6,13-16H,1H2,(H,12,17)/t2-,3-,4+,5-,6?/m1/s1. The molecule has 1 rings (SSSR count). The van der Waals surface area contributed by atoms with Gasteiger partial charge < -0.3 is 30.5 Å². The second-order valence-electron chi connectivity index (χ2n) is 3.73. The molecule has 1 amide bonds. The van der Waals surface area contributed by atoms with Crippen molar-refractivity contribution in [3.05, 3.63) is 0 Å². The van der Waals surface area contributed by atoms with Crippen molar-refractivity contribution in [2.45, 2.75) is 32.8 Å². The van der Waals surface area contributed by atoms with E-state index < -0.39 is 45.3 Å². The van der Waals surface area contributed by atoms with Crippen LogP contribution in [0.3, 0.4) is 0 Å². The Morgan fingerprint density at radius 2 is 1.78 bits per heavy atom. The van der Waals surface area contributed by atoms with Crippen LogP contribution in [0.15, 0.2) is 0 Å². The van der Waals surface area contributed by atoms with Crippen molar-refractivity contribution >= 4 is 53.7 Å². The van der Waals surface area contributed by atoms with E-state index in [0.717, 1.165) is 0 Å². The summed E-state index contributed by atoms with van der Waals surface area (Å²) in [6.45, 7) is -0.560. The van der Waals surface area contributed by atoms with Gasteiger partial charge in [0.05, 0.1) is 6.61 Å². The lowest BCUT2D eigenvalue weighted by molar-refractivity contribution is -0.253. The molecule has 0 aromatic carbocycles. The van der Waals surface area contributed by atoms with Crippen LogP contribution < -0.4 is 5.32 Å². The number of amides is 1. The largest absolute Gasteiger partial charge is 0.394 e. The zero-order valence-corrected chi connectivity index (χ0v) is 13.6. The Labute approximate surface area is 128 Å². The molecule has 0 aliphatic carbocycles. The van der Waals surface area contributed by atoms with Crippen molar-refractivity contribution in [3.8, 4) is 0 Å². The van der Waals surface area contributed by atoms with Gasteiger partial charge in [-0.25, -0.2) is 0 Å². The highest BCUT2D eigenvalue weighted by atomic mass is 80.0. The third kappa shape index (κ3) is 3.85. The lowest BCUT2D eigenvalue weighted by atomic mass is 9.97. The maximum absolute atomic E-state index is 11.6. The molecule has 1 heterocycles. The fourth-order valence-corrected chi connectivity index (χ4v) is 1.83. The SMILES string of the molecule is O=C(N[C@H]1C(O)O[C@H](CO)[C@H](O)[C@@H]1O)C(Br)(Br)Br. The highest BCUT2D eigenvalue weighted by Gasteiger charge is 2.45. The molecule has 18 heavy (non-hydrogen) atoms. The Kier molecular flexibility index (Phi) is 6.00. The van der Waals surface area contributed by atoms with Gasteiger partial charge in [0, 0.05) is 0 Å². The number of carbonyl (C=O) groups is 1. The van der Waals surface area contributed by atoms with Crippen LogP contribution in [0.2, 0.25) is 0 Å². The maximum atomic E-state index is 11.6. The van der Waals surface area contributed by atoms with Gasteiger partial charge in [-0.15, -0.1) is 0 Å². The number of rotatable bonds is 2. The van der Waals surface area contributed by atoms with Gasteiger partial charge in [0.2, 0.25) is 2.14 Å². The smallest absolute Gasteiger partial charge is 0.259 e. The second kappa shape index (κ2) is 6.44. The Morgan fingerprint density at radius 3 is 2.22 bits per heavy atom. The molecule has 0 radical (unpaired) electrons. The van der Waals surface area contributed by atoms with Crippen LogP contribution in [-0.2, 0) is 9.53 Å². The lowest BCUT2D eigenvalue weighted by Crippen LogP contribution is -2.65. The number of carbonyl (C=O) groups excluding carboxylic acids is 1. The third-order valence-electron chi connectivity index (χ3n) is 2.46. The average Bonchev–Trinajstić information content (AvgIpc) is 2.27. The number of hydrogen-bond acceptors (Lipinski definition) is 6. The molecule has 0 spiro atoms. The number of nitrogens with one attached hydrogen (secondary N) is 1. The summed E-state index contributed by atoms with van der Waals surface area (Å²) in [4.78, 5) is 11.6. The van der Waals surface area contributed by atoms with Gasteiger partial charge in [0.1, 0.15) is 24.4 Å². The van der Waals surface area contributed by atoms with Crippen LogP contribution in [0.4, 0.5) is 0 Å². The predicted molar refractivity (Wildman–Crippen MR) is 71.4 cm³/mol. The van der Waals surface area contributed by atoms with Crippen LogP contribution >= 0.6 is 47.8 Å². The third-order valence-corrected chi connectivity index (χ3v) is 3.54. The summed E-state index contributed by atoms with van der Waals surface area (Å²) in [7, 11) is 0. The monoisotopic (exact) mass is 455 g/mol. The highest BCUT2D eigenvalue weighted by molar-refractivity contribution is 9.40. The summed E-state index contributed by atoms with van der Waals surface area (Å²) in [6.07, 6.45) is -5.53. The van der Waals surface area contributed by atoms with Crippen molar-refractivity contribution < 1.29 is 30.0 Å². The molecule has 5 N–H and O–H groups in total. The minimum absolute atomic E-state index is 0.560. The van der Waals surface area contributed by atoms with Crippen LogP contribution in [-0.4, -0.2) is 65.7 Å². The van der Waals surface area contributed by atoms with Gasteiger partial charge in [0.25, 0.3) is 5.91 Å². The average molecular weight is 458 g/mol. The summed E-state index contributed by atoms with van der Waals surface area (Å²) in [6, 6.07) is -1.22. The first-order chi connectivity index (χ1) is 8.18. The topological polar surface area (TPSA) is 119 Å². The lowest BCUT2D eigenvalue weighted by Gasteiger charge is -2.40. The molecule has 0 aromatic heterocycles. The van der Waals surface area contributed by atoms with Gasteiger partial charge in [-0.1, -0.05) is 0 Å². The maximum Gasteiger partial charge on any atom is 0.259 e. The molecule has 1 aliphatic rings. The summed E-state index contributed by atoms with van der Waals surface area (Å²) in [5.74, 6) is -0.635. The highest BCUT2D eigenvalue weighted by Crippen LogP contribution is 2.34. The molecule has 0 saturated carbocycles. The molecule has 1 unspecified atom stereocenters. The summed E-state index contributed by atoms with van der Waals surface area (Å²) < 4.78 is 3.62. The zero-order valence-electron chi connectivity index (χ0n) is 8.83. The zero-order chi connectivity index (χ0) is 14.1. The summed E-state index contributed by atoms with van der Waals surface area (Å²) in [5, 5.41) is 40.1. The number of aliphatic hydroxyl groups is 4. The fraction of sp³-hybridized carbons (Fsp3) is 0.875. The van der Waals surface area contributed by atoms with Crippen LogP contribution in [0.1, 0.15) is 0 Å². The molecule has 5 atom stereocenters. The summed E-state index contributed by atoms with van der Waals surface area (Å²) >= 11 is 8.90. The van der Waals surface area contributed by atoms with E-state index in [1.165, 1.54) is 0 Å². The molecule has 0 aromatic rings. The quantitative estimate of drug-likeness (QED) is 0.330. The molecule has 106 valence electrons. The Morgan fingerprint density at radius 1 is 1.22 bits per heavy atom. The van der Waals surface area contributed by atoms with Crippen molar-refractivity contribution in [3.63, 3.8) is 0 Å². The molecule has 1 saturated heterocycles. The van der Waals surface area contributed by atoms with Crippen molar-refractivity contribution in [1.29, 1.82) is 0 Å². The minimum atomic E-state index is -1.54. The number of alkyl halides is 3. The van der Waals surface area contributed by atoms with Gasteiger partial charge in [0.15, 0.2) is 6.29 Å². The van der Waals surface area contributed by atoms with E-state index in [4.69, 9.17) is 9.84 Å². The van der Waals surface area contributed by atoms with E-state index in [1.807, 2.05) is 0 Å². The van der Waals surface area contributed by atoms with Gasteiger partial charge in [-0.05, 0) is 47.8 Å². The number of hydrogen-bond donors (Lipinski definition) is 5. The van der Waals surface area contributed by atoms with Gasteiger partial charge in [-0.2, -0.15) is 0 Å². The molecule has 7 nitrogen and oxygen atoms in total. The predicted octanol–water partition coefficient (Wildman–Crippen LogP) is -1.26. The number of aliphatic hydroxyl groups excluding tert-OH is 4. The first-order valence-corrected chi connectivity index (χ1v) is 7.24. The van der Waals surface area contributed by atoms with Crippen LogP contribution in [0.25, 0.3) is 0 Å². The van der Waals surface area contributed by atoms with Crippen molar-refractivity contribution in [1.82, 2.24) is 5.32 Å². The van der Waals surface area contributed by atoms with E-state index in [0.29, 0.717) is 0 Å². The minimum Gasteiger partial charge on any atom is -0.394 e. The Balaban J connectivity index is 2.74. The van der Waals surface area contributed by atoms with Crippen LogP contribution in [0, 0.1) is 0 Å². The van der Waals surface area contributed by atoms with Gasteiger partial charge in [-0.3, -0.25) is 4.79 Å². The van der Waals surface area contributed by atoms with E-state index in [2.05, 4.69) is 53.1 Å². The molecular formula is C8H12Br3NO6. The van der Waals surface area contributed by atoms with E-state index in [1.54, 1.807) is 0 Å². The normalized spacial score (nSPS) is 37.4. The number of halogens is 3. The molecule has 1 fully saturated rings. The number of ether oxygens (including phenoxy) is 1. The molecule has 10 heteroatoms. The van der Waals surface area contributed by atoms with E-state index in [-0.39, 0.29) is 0 Å². The Hall–Kier alpha value is 0.710. The van der Waals surface area contributed by atoms with Crippen molar-refractivity contribution in [2.75, 3.05) is 6.61 Å². The van der Waals surface area contributed by atoms with Crippen LogP contribution in [0.5, 0.6) is 0 Å². The fourth-order valence-electron chi connectivity index (χ4n) is 1.49. The second-order valence-corrected chi connectivity index (χ2v) is 10.5. The first-order valence-electron chi connectivity index (χ1n) is 4.86. The molecular weight excluding hydrogens is 446 g/mol. The molecule has 1 aliphatic heterocycles. The first kappa shape index (κ1) is 16.8. The van der Waals surface area contributed by atoms with E-state index >= 15 is 0 Å². The Bertz CT molecular complexity index is 312.